The predicted molar refractivity (Wildman–Crippen MR) is 107 cm³/mol. The van der Waals surface area contributed by atoms with E-state index < -0.39 is 18.2 Å². The van der Waals surface area contributed by atoms with Crippen LogP contribution in [0.2, 0.25) is 0 Å². The quantitative estimate of drug-likeness (QED) is 0.216. The fourth-order valence-electron chi connectivity index (χ4n) is 2.58. The Morgan fingerprint density at radius 3 is 1.67 bits per heavy atom. The van der Waals surface area contributed by atoms with Gasteiger partial charge < -0.3 is 9.47 Å². The van der Waals surface area contributed by atoms with Crippen molar-refractivity contribution in [1.29, 1.82) is 0 Å². The molecule has 0 saturated carbocycles. The van der Waals surface area contributed by atoms with Gasteiger partial charge in [0.15, 0.2) is 0 Å². The number of benzene rings is 2. The van der Waals surface area contributed by atoms with Crippen molar-refractivity contribution in [1.82, 2.24) is 0 Å². The Morgan fingerprint density at radius 1 is 0.767 bits per heavy atom. The molecular weight excluding hydrogens is 392 g/mol. The van der Waals surface area contributed by atoms with Gasteiger partial charge in [0, 0.05) is 6.42 Å². The molecule has 0 N–H and O–H groups in total. The van der Waals surface area contributed by atoms with Crippen LogP contribution in [0.4, 0.5) is 0 Å². The number of hydrogen-bond donors (Lipinski definition) is 0. The van der Waals surface area contributed by atoms with Crippen LogP contribution in [0.1, 0.15) is 53.3 Å². The lowest BCUT2D eigenvalue weighted by Crippen LogP contribution is -2.22. The number of unbranched alkanes of at least 4 members (excludes halogenated alkanes) is 2. The Hall–Kier alpha value is -3.10. The second kappa shape index (κ2) is 12.5. The van der Waals surface area contributed by atoms with Crippen molar-refractivity contribution in [3.05, 3.63) is 59.7 Å². The van der Waals surface area contributed by atoms with Crippen molar-refractivity contribution in [3.63, 3.8) is 0 Å². The summed E-state index contributed by atoms with van der Waals surface area (Å²) in [5.41, 5.74) is 0.386. The number of carbonyl (C=O) groups excluding carboxylic acids is 2. The topological polar surface area (TPSA) is 89.5 Å². The molecule has 2 rings (SSSR count). The summed E-state index contributed by atoms with van der Waals surface area (Å²) < 4.78 is 10.3. The van der Waals surface area contributed by atoms with E-state index in [9.17, 15) is 9.59 Å². The largest absolute Gasteiger partial charge is 0.496 e. The highest BCUT2D eigenvalue weighted by molar-refractivity contribution is 5.92. The summed E-state index contributed by atoms with van der Waals surface area (Å²) in [5, 5.41) is 0. The van der Waals surface area contributed by atoms with Crippen molar-refractivity contribution in [2.24, 2.45) is 0 Å². The maximum absolute atomic E-state index is 12.3. The van der Waals surface area contributed by atoms with Gasteiger partial charge in [0.1, 0.15) is 22.6 Å². The average molecular weight is 418 g/mol. The minimum atomic E-state index is -1.09. The number of methoxy groups -OCH3 is 2. The Morgan fingerprint density at radius 2 is 1.23 bits per heavy atom. The molecule has 0 radical (unpaired) electrons. The zero-order valence-electron chi connectivity index (χ0n) is 17.3. The molecule has 2 aromatic rings. The molecule has 0 amide bonds. The van der Waals surface area contributed by atoms with Gasteiger partial charge in [-0.15, -0.1) is 9.78 Å². The lowest BCUT2D eigenvalue weighted by molar-refractivity contribution is -0.421. The summed E-state index contributed by atoms with van der Waals surface area (Å²) in [6, 6.07) is 13.1. The molecule has 0 aliphatic carbocycles. The zero-order valence-corrected chi connectivity index (χ0v) is 17.3. The van der Waals surface area contributed by atoms with Gasteiger partial charge in [-0.3, -0.25) is 9.78 Å². The fraction of sp³-hybridized carbons (Fsp3) is 0.364. The predicted octanol–water partition coefficient (Wildman–Crippen LogP) is 4.49. The molecule has 0 unspecified atom stereocenters. The molecule has 8 nitrogen and oxygen atoms in total. The summed E-state index contributed by atoms with van der Waals surface area (Å²) in [5.74, 6) is -0.825. The first-order chi connectivity index (χ1) is 14.6. The molecule has 2 aromatic carbocycles. The SMILES string of the molecule is CCCCCC(OOC(=O)c1ccccc1OC)OOC(=O)c1ccccc1OC. The molecule has 0 fully saturated rings. The highest BCUT2D eigenvalue weighted by Gasteiger charge is 2.22. The van der Waals surface area contributed by atoms with Gasteiger partial charge in [-0.1, -0.05) is 44.0 Å². The highest BCUT2D eigenvalue weighted by Crippen LogP contribution is 2.21. The molecule has 0 saturated heterocycles. The minimum absolute atomic E-state index is 0.193. The van der Waals surface area contributed by atoms with Crippen molar-refractivity contribution in [3.8, 4) is 11.5 Å². The summed E-state index contributed by atoms with van der Waals surface area (Å²) in [6.07, 6.45) is 1.86. The van der Waals surface area contributed by atoms with E-state index in [1.165, 1.54) is 14.2 Å². The van der Waals surface area contributed by atoms with E-state index in [4.69, 9.17) is 29.0 Å². The van der Waals surface area contributed by atoms with Gasteiger partial charge in [-0.25, -0.2) is 9.59 Å². The summed E-state index contributed by atoms with van der Waals surface area (Å²) in [7, 11) is 2.89. The standard InChI is InChI=1S/C22H26O8/c1-4-5-6-15-20(27-29-21(23)16-11-7-9-13-18(16)25-2)28-30-22(24)17-12-8-10-14-19(17)26-3/h7-14,20H,4-6,15H2,1-3H3. The van der Waals surface area contributed by atoms with Crippen LogP contribution in [0.5, 0.6) is 11.5 Å². The number of para-hydroxylation sites is 2. The third-order valence-electron chi connectivity index (χ3n) is 4.16. The molecule has 0 heterocycles. The zero-order chi connectivity index (χ0) is 21.8. The first-order valence-electron chi connectivity index (χ1n) is 9.62. The van der Waals surface area contributed by atoms with Crippen LogP contribution in [0.3, 0.4) is 0 Å². The summed E-state index contributed by atoms with van der Waals surface area (Å²) in [6.45, 7) is 2.04. The van der Waals surface area contributed by atoms with Crippen LogP contribution < -0.4 is 9.47 Å². The van der Waals surface area contributed by atoms with Gasteiger partial charge in [-0.2, -0.15) is 0 Å². The molecule has 30 heavy (non-hydrogen) atoms. The van der Waals surface area contributed by atoms with E-state index in [1.54, 1.807) is 48.5 Å². The third-order valence-corrected chi connectivity index (χ3v) is 4.16. The van der Waals surface area contributed by atoms with Crippen molar-refractivity contribution >= 4 is 11.9 Å². The van der Waals surface area contributed by atoms with Crippen LogP contribution in [0.15, 0.2) is 48.5 Å². The molecule has 0 atom stereocenters. The van der Waals surface area contributed by atoms with Gasteiger partial charge in [0.2, 0.25) is 6.29 Å². The van der Waals surface area contributed by atoms with Crippen LogP contribution in [-0.2, 0) is 19.6 Å². The van der Waals surface area contributed by atoms with Crippen molar-refractivity contribution < 1.29 is 38.6 Å². The number of hydrogen-bond acceptors (Lipinski definition) is 8. The Bertz CT molecular complexity index is 757. The summed E-state index contributed by atoms with van der Waals surface area (Å²) in [4.78, 5) is 44.6. The number of ether oxygens (including phenoxy) is 2. The molecule has 0 aliphatic heterocycles. The maximum atomic E-state index is 12.3. The van der Waals surface area contributed by atoms with E-state index in [1.807, 2.05) is 6.92 Å². The smallest absolute Gasteiger partial charge is 0.376 e. The van der Waals surface area contributed by atoms with Gasteiger partial charge in [0.05, 0.1) is 14.2 Å². The molecule has 162 valence electrons. The Kier molecular flexibility index (Phi) is 9.63. The molecule has 8 heteroatoms. The summed E-state index contributed by atoms with van der Waals surface area (Å²) >= 11 is 0. The van der Waals surface area contributed by atoms with Crippen LogP contribution in [0.25, 0.3) is 0 Å². The van der Waals surface area contributed by atoms with E-state index in [-0.39, 0.29) is 11.1 Å². The van der Waals surface area contributed by atoms with E-state index in [2.05, 4.69) is 0 Å². The van der Waals surface area contributed by atoms with Gasteiger partial charge in [-0.05, 0) is 30.7 Å². The lowest BCUT2D eigenvalue weighted by Gasteiger charge is -2.16. The number of carbonyl (C=O) groups is 2. The van der Waals surface area contributed by atoms with Crippen molar-refractivity contribution in [2.75, 3.05) is 14.2 Å². The first kappa shape index (κ1) is 23.2. The third kappa shape index (κ3) is 6.75. The van der Waals surface area contributed by atoms with Crippen LogP contribution in [0, 0.1) is 0 Å². The molecule has 0 aliphatic rings. The first-order valence-corrected chi connectivity index (χ1v) is 9.62. The Balaban J connectivity index is 1.97. The molecular formula is C22H26O8. The van der Waals surface area contributed by atoms with E-state index in [0.29, 0.717) is 17.9 Å². The van der Waals surface area contributed by atoms with Gasteiger partial charge in [0.25, 0.3) is 0 Å². The van der Waals surface area contributed by atoms with E-state index in [0.717, 1.165) is 19.3 Å². The minimum Gasteiger partial charge on any atom is -0.496 e. The normalized spacial score (nSPS) is 10.5. The molecule has 0 spiro atoms. The molecule has 0 bridgehead atoms. The molecule has 0 aromatic heterocycles. The average Bonchev–Trinajstić information content (AvgIpc) is 2.79. The van der Waals surface area contributed by atoms with Crippen molar-refractivity contribution in [2.45, 2.75) is 38.9 Å². The van der Waals surface area contributed by atoms with Gasteiger partial charge >= 0.3 is 11.9 Å². The van der Waals surface area contributed by atoms with E-state index >= 15 is 0 Å². The van der Waals surface area contributed by atoms with Crippen LogP contribution in [-0.4, -0.2) is 32.4 Å². The fourth-order valence-corrected chi connectivity index (χ4v) is 2.58. The number of rotatable bonds is 12. The van der Waals surface area contributed by atoms with Crippen LogP contribution >= 0.6 is 0 Å². The second-order valence-corrected chi connectivity index (χ2v) is 6.26. The lowest BCUT2D eigenvalue weighted by atomic mass is 10.2. The maximum Gasteiger partial charge on any atom is 0.376 e. The monoisotopic (exact) mass is 418 g/mol. The Labute approximate surface area is 175 Å². The highest BCUT2D eigenvalue weighted by atomic mass is 17.3. The second-order valence-electron chi connectivity index (χ2n) is 6.26.